The topological polar surface area (TPSA) is 108 Å². The first-order valence-corrected chi connectivity index (χ1v) is 12.6. The van der Waals surface area contributed by atoms with Crippen LogP contribution in [0.25, 0.3) is 33.2 Å². The number of nitriles is 1. The fourth-order valence-electron chi connectivity index (χ4n) is 5.42. The third kappa shape index (κ3) is 4.53. The van der Waals surface area contributed by atoms with E-state index in [1.807, 2.05) is 85.7 Å². The number of pyridine rings is 2. The van der Waals surface area contributed by atoms with Gasteiger partial charge in [-0.1, -0.05) is 24.3 Å². The number of rotatable bonds is 5. The summed E-state index contributed by atoms with van der Waals surface area (Å²) >= 11 is 0. The van der Waals surface area contributed by atoms with E-state index >= 15 is 0 Å². The number of methoxy groups -OCH3 is 1. The van der Waals surface area contributed by atoms with E-state index in [1.165, 1.54) is 0 Å². The number of amides is 1. The summed E-state index contributed by atoms with van der Waals surface area (Å²) in [5.74, 6) is 1.57. The largest absolute Gasteiger partial charge is 0.495 e. The van der Waals surface area contributed by atoms with Crippen LogP contribution < -0.4 is 15.4 Å². The van der Waals surface area contributed by atoms with Gasteiger partial charge in [0.15, 0.2) is 0 Å². The summed E-state index contributed by atoms with van der Waals surface area (Å²) in [6.45, 7) is 5.51. The van der Waals surface area contributed by atoms with E-state index in [0.717, 1.165) is 44.7 Å². The number of fused-ring (bicyclic) bond motifs is 1. The molecule has 192 valence electrons. The predicted octanol–water partition coefficient (Wildman–Crippen LogP) is 4.23. The van der Waals surface area contributed by atoms with Gasteiger partial charge in [-0.3, -0.25) is 9.78 Å². The van der Waals surface area contributed by atoms with E-state index in [1.54, 1.807) is 7.11 Å². The van der Waals surface area contributed by atoms with Crippen molar-refractivity contribution in [1.29, 1.82) is 5.26 Å². The number of hydrogen-bond donors (Lipinski definition) is 1. The van der Waals surface area contributed by atoms with Crippen LogP contribution in [0, 0.1) is 11.3 Å². The van der Waals surface area contributed by atoms with E-state index in [9.17, 15) is 4.79 Å². The van der Waals surface area contributed by atoms with Crippen LogP contribution in [0.2, 0.25) is 0 Å². The minimum Gasteiger partial charge on any atom is -0.495 e. The van der Waals surface area contributed by atoms with E-state index in [-0.39, 0.29) is 24.5 Å². The van der Waals surface area contributed by atoms with Crippen molar-refractivity contribution in [2.75, 3.05) is 31.6 Å². The molecule has 1 aliphatic heterocycles. The number of ether oxygens (including phenoxy) is 1. The van der Waals surface area contributed by atoms with Gasteiger partial charge in [0.2, 0.25) is 5.91 Å². The molecule has 0 aliphatic carbocycles. The van der Waals surface area contributed by atoms with Crippen LogP contribution in [0.4, 0.5) is 5.82 Å². The molecule has 2 N–H and O–H groups in total. The smallest absolute Gasteiger partial charge is 0.236 e. The number of piperazine rings is 1. The number of carbonyl (C=O) groups excluding carboxylic acids is 1. The van der Waals surface area contributed by atoms with Crippen molar-refractivity contribution >= 4 is 22.6 Å². The Morgan fingerprint density at radius 3 is 2.32 bits per heavy atom. The van der Waals surface area contributed by atoms with Crippen LogP contribution in [-0.4, -0.2) is 59.6 Å². The zero-order valence-corrected chi connectivity index (χ0v) is 21.8. The third-order valence-corrected chi connectivity index (χ3v) is 7.14. The molecule has 1 amide bonds. The number of nitrogens with two attached hydrogens (primary N) is 1. The Morgan fingerprint density at radius 2 is 1.71 bits per heavy atom. The fourth-order valence-corrected chi connectivity index (χ4v) is 5.42. The number of benzene rings is 2. The van der Waals surface area contributed by atoms with Crippen LogP contribution in [0.5, 0.6) is 5.75 Å². The van der Waals surface area contributed by atoms with Crippen LogP contribution in [0.1, 0.15) is 19.4 Å². The molecule has 4 aromatic rings. The predicted molar refractivity (Wildman–Crippen MR) is 149 cm³/mol. The highest BCUT2D eigenvalue weighted by Gasteiger charge is 2.32. The maximum Gasteiger partial charge on any atom is 0.236 e. The molecule has 5 rings (SSSR count). The molecule has 1 aliphatic rings. The van der Waals surface area contributed by atoms with Gasteiger partial charge in [0, 0.05) is 59.6 Å². The van der Waals surface area contributed by atoms with E-state index in [2.05, 4.69) is 11.0 Å². The van der Waals surface area contributed by atoms with Gasteiger partial charge >= 0.3 is 0 Å². The molecule has 38 heavy (non-hydrogen) atoms. The molecule has 0 bridgehead atoms. The molecule has 1 fully saturated rings. The van der Waals surface area contributed by atoms with Crippen LogP contribution >= 0.6 is 0 Å². The molecule has 3 heterocycles. The normalized spacial score (nSPS) is 17.3. The molecular weight excluding hydrogens is 476 g/mol. The zero-order valence-electron chi connectivity index (χ0n) is 21.8. The highest BCUT2D eigenvalue weighted by molar-refractivity contribution is 6.00. The number of carbonyl (C=O) groups is 1. The number of hydrogen-bond acceptors (Lipinski definition) is 7. The first-order valence-electron chi connectivity index (χ1n) is 12.6. The Hall–Kier alpha value is -4.48. The summed E-state index contributed by atoms with van der Waals surface area (Å²) in [7, 11) is 1.67. The SMILES string of the molecule is COc1c(-c2ccc(N3CC(C)N(C(=O)CN)[C@@H](C)C3)nc2)cnc2c(-c3ccc(C#N)cc3)cccc12. The number of aromatic nitrogens is 2. The molecule has 2 aromatic heterocycles. The second-order valence-corrected chi connectivity index (χ2v) is 9.61. The minimum atomic E-state index is -0.0220. The van der Waals surface area contributed by atoms with Crippen molar-refractivity contribution in [2.24, 2.45) is 5.73 Å². The Balaban J connectivity index is 1.45. The lowest BCUT2D eigenvalue weighted by molar-refractivity contribution is -0.134. The molecule has 1 saturated heterocycles. The second-order valence-electron chi connectivity index (χ2n) is 9.61. The highest BCUT2D eigenvalue weighted by Crippen LogP contribution is 2.39. The molecule has 1 unspecified atom stereocenters. The summed E-state index contributed by atoms with van der Waals surface area (Å²) in [6, 6.07) is 19.8. The Labute approximate surface area is 222 Å². The molecule has 0 saturated carbocycles. The van der Waals surface area contributed by atoms with E-state index in [0.29, 0.717) is 18.7 Å². The van der Waals surface area contributed by atoms with Crippen LogP contribution in [0.15, 0.2) is 67.0 Å². The molecule has 2 aromatic carbocycles. The van der Waals surface area contributed by atoms with Crippen molar-refractivity contribution in [2.45, 2.75) is 25.9 Å². The quantitative estimate of drug-likeness (QED) is 0.432. The number of nitrogens with zero attached hydrogens (tertiary/aromatic N) is 5. The van der Waals surface area contributed by atoms with Crippen molar-refractivity contribution in [3.63, 3.8) is 0 Å². The summed E-state index contributed by atoms with van der Waals surface area (Å²) < 4.78 is 5.89. The van der Waals surface area contributed by atoms with Crippen molar-refractivity contribution < 1.29 is 9.53 Å². The van der Waals surface area contributed by atoms with Gasteiger partial charge in [-0.25, -0.2) is 4.98 Å². The van der Waals surface area contributed by atoms with Crippen LogP contribution in [0.3, 0.4) is 0 Å². The average Bonchev–Trinajstić information content (AvgIpc) is 2.95. The fraction of sp³-hybridized carbons (Fsp3) is 0.267. The van der Waals surface area contributed by atoms with Crippen molar-refractivity contribution in [3.8, 4) is 34.1 Å². The maximum atomic E-state index is 12.3. The molecular formula is C30H30N6O2. The minimum absolute atomic E-state index is 0.0220. The summed E-state index contributed by atoms with van der Waals surface area (Å²) in [4.78, 5) is 25.9. The highest BCUT2D eigenvalue weighted by atomic mass is 16.5. The monoisotopic (exact) mass is 506 g/mol. The van der Waals surface area contributed by atoms with E-state index in [4.69, 9.17) is 25.7 Å². The molecule has 0 radical (unpaired) electrons. The third-order valence-electron chi connectivity index (χ3n) is 7.14. The molecule has 0 spiro atoms. The van der Waals surface area contributed by atoms with Crippen LogP contribution in [-0.2, 0) is 4.79 Å². The summed E-state index contributed by atoms with van der Waals surface area (Å²) in [5.41, 5.74) is 10.8. The maximum absolute atomic E-state index is 12.3. The van der Waals surface area contributed by atoms with Gasteiger partial charge in [-0.15, -0.1) is 0 Å². The van der Waals surface area contributed by atoms with Crippen molar-refractivity contribution in [3.05, 3.63) is 72.6 Å². The second kappa shape index (κ2) is 10.5. The van der Waals surface area contributed by atoms with E-state index < -0.39 is 0 Å². The number of para-hydroxylation sites is 1. The Bertz CT molecular complexity index is 1500. The average molecular weight is 507 g/mol. The summed E-state index contributed by atoms with van der Waals surface area (Å²) in [5, 5.41) is 10.0. The van der Waals surface area contributed by atoms with Gasteiger partial charge in [0.05, 0.1) is 30.8 Å². The Kier molecular flexibility index (Phi) is 6.95. The first-order chi connectivity index (χ1) is 18.4. The van der Waals surface area contributed by atoms with Gasteiger partial charge in [0.25, 0.3) is 0 Å². The first kappa shape index (κ1) is 25.2. The van der Waals surface area contributed by atoms with Gasteiger partial charge in [0.1, 0.15) is 11.6 Å². The zero-order chi connectivity index (χ0) is 26.8. The van der Waals surface area contributed by atoms with Gasteiger partial charge in [-0.05, 0) is 49.7 Å². The number of anilines is 1. The lowest BCUT2D eigenvalue weighted by atomic mass is 9.98. The molecule has 2 atom stereocenters. The van der Waals surface area contributed by atoms with Gasteiger partial charge in [-0.2, -0.15) is 5.26 Å². The van der Waals surface area contributed by atoms with Crippen molar-refractivity contribution in [1.82, 2.24) is 14.9 Å². The molecule has 8 nitrogen and oxygen atoms in total. The lowest BCUT2D eigenvalue weighted by Gasteiger charge is -2.44. The summed E-state index contributed by atoms with van der Waals surface area (Å²) in [6.07, 6.45) is 3.67. The van der Waals surface area contributed by atoms with Gasteiger partial charge < -0.3 is 20.3 Å². The Morgan fingerprint density at radius 1 is 1.00 bits per heavy atom. The molecule has 8 heteroatoms. The standard InChI is InChI=1S/C30H30N6O2/c1-19-17-35(18-20(2)36(19)28(37)14-32)27-12-11-23(15-33-27)26-16-34-29-24(5-4-6-25(29)30(26)38-3)22-9-7-21(13-31)8-10-22/h4-12,15-16,19-20H,14,17-18,32H2,1-3H3/t19-,20?/m0/s1. The lowest BCUT2D eigenvalue weighted by Crippen LogP contribution is -2.60.